The molecule has 0 aromatic heterocycles. The number of rotatable bonds is 5. The quantitative estimate of drug-likeness (QED) is 0.535. The second kappa shape index (κ2) is 9.53. The van der Waals surface area contributed by atoms with Crippen molar-refractivity contribution in [1.29, 1.82) is 0 Å². The molecule has 3 fully saturated rings. The SMILES string of the molecule is O=C(O)c1cc(C2CCCCC2)c(C2CCCCC2)c(C2CCCCC2)c1C(=O)O. The molecule has 4 nitrogen and oxygen atoms in total. The molecular weight excluding hydrogens is 376 g/mol. The molecule has 1 aromatic carbocycles. The van der Waals surface area contributed by atoms with E-state index in [1.54, 1.807) is 6.07 Å². The zero-order valence-corrected chi connectivity index (χ0v) is 18.1. The molecule has 30 heavy (non-hydrogen) atoms. The van der Waals surface area contributed by atoms with E-state index >= 15 is 0 Å². The summed E-state index contributed by atoms with van der Waals surface area (Å²) >= 11 is 0. The summed E-state index contributed by atoms with van der Waals surface area (Å²) in [5, 5.41) is 20.2. The molecule has 0 aliphatic heterocycles. The monoisotopic (exact) mass is 412 g/mol. The first-order chi connectivity index (χ1) is 14.6. The van der Waals surface area contributed by atoms with Crippen molar-refractivity contribution in [3.8, 4) is 0 Å². The van der Waals surface area contributed by atoms with E-state index in [0.29, 0.717) is 11.8 Å². The maximum Gasteiger partial charge on any atom is 0.336 e. The van der Waals surface area contributed by atoms with Crippen LogP contribution in [-0.4, -0.2) is 22.2 Å². The molecule has 0 heterocycles. The molecule has 0 bridgehead atoms. The summed E-state index contributed by atoms with van der Waals surface area (Å²) in [5.74, 6) is -1.16. The molecule has 4 heteroatoms. The smallest absolute Gasteiger partial charge is 0.336 e. The van der Waals surface area contributed by atoms with Crippen LogP contribution in [0.1, 0.15) is 151 Å². The van der Waals surface area contributed by atoms with E-state index in [1.165, 1.54) is 56.1 Å². The van der Waals surface area contributed by atoms with Gasteiger partial charge in [0, 0.05) is 0 Å². The molecule has 0 radical (unpaired) electrons. The fourth-order valence-corrected chi connectivity index (χ4v) is 6.55. The van der Waals surface area contributed by atoms with E-state index in [0.717, 1.165) is 56.9 Å². The lowest BCUT2D eigenvalue weighted by molar-refractivity contribution is 0.0649. The maximum absolute atomic E-state index is 12.4. The Hall–Kier alpha value is -1.84. The van der Waals surface area contributed by atoms with Crippen molar-refractivity contribution in [3.05, 3.63) is 33.9 Å². The Kier molecular flexibility index (Phi) is 6.80. The van der Waals surface area contributed by atoms with Gasteiger partial charge in [0.2, 0.25) is 0 Å². The minimum Gasteiger partial charge on any atom is -0.478 e. The van der Waals surface area contributed by atoms with Gasteiger partial charge >= 0.3 is 11.9 Å². The second-order valence-corrected chi connectivity index (χ2v) is 9.83. The van der Waals surface area contributed by atoms with Crippen LogP contribution in [0.25, 0.3) is 0 Å². The van der Waals surface area contributed by atoms with Crippen LogP contribution in [0, 0.1) is 0 Å². The molecule has 0 saturated heterocycles. The lowest BCUT2D eigenvalue weighted by Gasteiger charge is -2.36. The van der Waals surface area contributed by atoms with Crippen molar-refractivity contribution >= 4 is 11.9 Å². The minimum absolute atomic E-state index is 0.0307. The van der Waals surface area contributed by atoms with Gasteiger partial charge < -0.3 is 10.2 Å². The Bertz CT molecular complexity index is 779. The number of carbonyl (C=O) groups is 2. The Morgan fingerprint density at radius 1 is 0.600 bits per heavy atom. The number of hydrogen-bond acceptors (Lipinski definition) is 2. The van der Waals surface area contributed by atoms with Crippen LogP contribution in [0.2, 0.25) is 0 Å². The van der Waals surface area contributed by atoms with Gasteiger partial charge in [-0.3, -0.25) is 0 Å². The van der Waals surface area contributed by atoms with E-state index in [1.807, 2.05) is 0 Å². The zero-order chi connectivity index (χ0) is 21.1. The molecule has 0 atom stereocenters. The van der Waals surface area contributed by atoms with Crippen molar-refractivity contribution in [2.45, 2.75) is 114 Å². The first-order valence-corrected chi connectivity index (χ1v) is 12.2. The molecule has 2 N–H and O–H groups in total. The number of aromatic carboxylic acids is 2. The maximum atomic E-state index is 12.4. The van der Waals surface area contributed by atoms with Crippen LogP contribution in [0.3, 0.4) is 0 Å². The van der Waals surface area contributed by atoms with Crippen molar-refractivity contribution in [2.75, 3.05) is 0 Å². The fraction of sp³-hybridized carbons (Fsp3) is 0.692. The summed E-state index contributed by atoms with van der Waals surface area (Å²) in [6.45, 7) is 0. The van der Waals surface area contributed by atoms with Gasteiger partial charge in [-0.1, -0.05) is 57.8 Å². The van der Waals surface area contributed by atoms with E-state index in [2.05, 4.69) is 0 Å². The largest absolute Gasteiger partial charge is 0.478 e. The highest BCUT2D eigenvalue weighted by molar-refractivity contribution is 6.03. The van der Waals surface area contributed by atoms with Crippen LogP contribution in [0.5, 0.6) is 0 Å². The predicted molar refractivity (Wildman–Crippen MR) is 118 cm³/mol. The van der Waals surface area contributed by atoms with E-state index in [9.17, 15) is 19.8 Å². The fourth-order valence-electron chi connectivity index (χ4n) is 6.55. The summed E-state index contributed by atoms with van der Waals surface area (Å²) < 4.78 is 0. The van der Waals surface area contributed by atoms with Gasteiger partial charge in [-0.2, -0.15) is 0 Å². The lowest BCUT2D eigenvalue weighted by atomic mass is 9.68. The summed E-state index contributed by atoms with van der Waals surface area (Å²) in [5.41, 5.74) is 3.53. The molecule has 0 amide bonds. The summed E-state index contributed by atoms with van der Waals surface area (Å²) in [7, 11) is 0. The number of hydrogen-bond donors (Lipinski definition) is 2. The number of benzene rings is 1. The van der Waals surface area contributed by atoms with Gasteiger partial charge in [-0.25, -0.2) is 9.59 Å². The zero-order valence-electron chi connectivity index (χ0n) is 18.1. The first kappa shape index (κ1) is 21.4. The standard InChI is InChI=1S/C26H36O4/c27-25(28)21-16-20(17-10-4-1-5-11-17)22(18-12-6-2-7-13-18)23(24(21)26(29)30)19-14-8-3-9-15-19/h16-19H,1-15H2,(H,27,28)(H,29,30). The van der Waals surface area contributed by atoms with Gasteiger partial charge in [0.25, 0.3) is 0 Å². The third kappa shape index (κ3) is 4.29. The average Bonchev–Trinajstić information content (AvgIpc) is 2.79. The third-order valence-corrected chi connectivity index (χ3v) is 7.96. The average molecular weight is 413 g/mol. The highest BCUT2D eigenvalue weighted by atomic mass is 16.4. The molecule has 3 aliphatic rings. The van der Waals surface area contributed by atoms with Gasteiger partial charge in [0.15, 0.2) is 0 Å². The highest BCUT2D eigenvalue weighted by Gasteiger charge is 2.35. The molecule has 1 aromatic rings. The van der Waals surface area contributed by atoms with E-state index in [4.69, 9.17) is 0 Å². The first-order valence-electron chi connectivity index (χ1n) is 12.2. The van der Waals surface area contributed by atoms with E-state index < -0.39 is 11.9 Å². The lowest BCUT2D eigenvalue weighted by Crippen LogP contribution is -2.23. The Balaban J connectivity index is 1.96. The molecule has 0 spiro atoms. The summed E-state index contributed by atoms with van der Waals surface area (Å²) in [6.07, 6.45) is 17.1. The topological polar surface area (TPSA) is 74.6 Å². The van der Waals surface area contributed by atoms with Crippen LogP contribution < -0.4 is 0 Å². The van der Waals surface area contributed by atoms with Crippen LogP contribution >= 0.6 is 0 Å². The van der Waals surface area contributed by atoms with Crippen molar-refractivity contribution in [1.82, 2.24) is 0 Å². The van der Waals surface area contributed by atoms with Crippen LogP contribution in [0.4, 0.5) is 0 Å². The van der Waals surface area contributed by atoms with Gasteiger partial charge in [0.1, 0.15) is 0 Å². The molecule has 0 unspecified atom stereocenters. The molecule has 164 valence electrons. The summed E-state index contributed by atoms with van der Waals surface area (Å²) in [4.78, 5) is 24.7. The second-order valence-electron chi connectivity index (χ2n) is 9.83. The van der Waals surface area contributed by atoms with E-state index in [-0.39, 0.29) is 17.0 Å². The van der Waals surface area contributed by atoms with Crippen molar-refractivity contribution in [2.24, 2.45) is 0 Å². The molecule has 3 saturated carbocycles. The Morgan fingerprint density at radius 2 is 1.03 bits per heavy atom. The van der Waals surface area contributed by atoms with Gasteiger partial charge in [-0.15, -0.1) is 0 Å². The minimum atomic E-state index is -1.09. The van der Waals surface area contributed by atoms with Crippen LogP contribution in [-0.2, 0) is 0 Å². The molecule has 3 aliphatic carbocycles. The van der Waals surface area contributed by atoms with Crippen molar-refractivity contribution in [3.63, 3.8) is 0 Å². The summed E-state index contributed by atoms with van der Waals surface area (Å²) in [6, 6.07) is 1.79. The molecule has 4 rings (SSSR count). The number of carboxylic acids is 2. The van der Waals surface area contributed by atoms with Crippen LogP contribution in [0.15, 0.2) is 6.07 Å². The highest BCUT2D eigenvalue weighted by Crippen LogP contribution is 2.48. The normalized spacial score (nSPS) is 22.1. The van der Waals surface area contributed by atoms with Gasteiger partial charge in [-0.05, 0) is 79.0 Å². The van der Waals surface area contributed by atoms with Crippen molar-refractivity contribution < 1.29 is 19.8 Å². The third-order valence-electron chi connectivity index (χ3n) is 7.96. The molecular formula is C26H36O4. The Labute approximate surface area is 180 Å². The Morgan fingerprint density at radius 3 is 1.47 bits per heavy atom. The van der Waals surface area contributed by atoms with Gasteiger partial charge in [0.05, 0.1) is 11.1 Å². The predicted octanol–water partition coefficient (Wildman–Crippen LogP) is 7.23. The number of carboxylic acid groups (broad SMARTS) is 2.